The maximum atomic E-state index is 12.4. The molecule has 2 aromatic rings. The molecule has 4 heteroatoms. The van der Waals surface area contributed by atoms with Crippen molar-refractivity contribution in [2.45, 2.75) is 33.6 Å². The lowest BCUT2D eigenvalue weighted by atomic mass is 10.1. The highest BCUT2D eigenvalue weighted by Gasteiger charge is 2.13. The zero-order valence-electron chi connectivity index (χ0n) is 15.2. The maximum absolute atomic E-state index is 12.4. The van der Waals surface area contributed by atoms with Gasteiger partial charge >= 0.3 is 0 Å². The monoisotopic (exact) mass is 338 g/mol. The molecule has 0 fully saturated rings. The summed E-state index contributed by atoms with van der Waals surface area (Å²) in [6.07, 6.45) is 1.11. The highest BCUT2D eigenvalue weighted by atomic mass is 16.2. The van der Waals surface area contributed by atoms with Crippen LogP contribution in [0.3, 0.4) is 0 Å². The summed E-state index contributed by atoms with van der Waals surface area (Å²) in [5, 5.41) is 2.88. The molecule has 2 aromatic carbocycles. The van der Waals surface area contributed by atoms with Crippen LogP contribution in [0.2, 0.25) is 0 Å². The van der Waals surface area contributed by atoms with Crippen molar-refractivity contribution >= 4 is 17.5 Å². The van der Waals surface area contributed by atoms with Gasteiger partial charge in [-0.2, -0.15) is 0 Å². The lowest BCUT2D eigenvalue weighted by molar-refractivity contribution is -0.116. The molecule has 2 amide bonds. The van der Waals surface area contributed by atoms with Gasteiger partial charge in [-0.25, -0.2) is 0 Å². The van der Waals surface area contributed by atoms with Crippen molar-refractivity contribution in [2.24, 2.45) is 0 Å². The number of nitrogens with zero attached hydrogens (tertiary/aromatic N) is 1. The van der Waals surface area contributed by atoms with E-state index in [4.69, 9.17) is 0 Å². The molecule has 132 valence electrons. The molecule has 2 rings (SSSR count). The van der Waals surface area contributed by atoms with Crippen LogP contribution in [0, 0.1) is 6.92 Å². The summed E-state index contributed by atoms with van der Waals surface area (Å²) in [6.45, 7) is 7.30. The van der Waals surface area contributed by atoms with E-state index in [-0.39, 0.29) is 11.8 Å². The molecule has 0 unspecified atom stereocenters. The van der Waals surface area contributed by atoms with Crippen molar-refractivity contribution in [3.63, 3.8) is 0 Å². The van der Waals surface area contributed by atoms with Crippen LogP contribution < -0.4 is 5.32 Å². The number of carbonyl (C=O) groups excluding carboxylic acids is 2. The van der Waals surface area contributed by atoms with E-state index in [1.807, 2.05) is 39.0 Å². The molecule has 0 heterocycles. The van der Waals surface area contributed by atoms with Crippen LogP contribution in [0.25, 0.3) is 0 Å². The molecular weight excluding hydrogens is 312 g/mol. The molecule has 0 aromatic heterocycles. The highest BCUT2D eigenvalue weighted by molar-refractivity contribution is 5.97. The zero-order valence-corrected chi connectivity index (χ0v) is 15.2. The van der Waals surface area contributed by atoms with Gasteiger partial charge in [-0.1, -0.05) is 35.9 Å². The summed E-state index contributed by atoms with van der Waals surface area (Å²) < 4.78 is 0. The smallest absolute Gasteiger partial charge is 0.253 e. The second kappa shape index (κ2) is 9.02. The average Bonchev–Trinajstić information content (AvgIpc) is 2.62. The van der Waals surface area contributed by atoms with Gasteiger partial charge in [0.05, 0.1) is 0 Å². The SMILES string of the molecule is CCN(CC)C(=O)c1cccc(NC(=O)CCc2ccc(C)cc2)c1. The molecule has 0 spiro atoms. The van der Waals surface area contributed by atoms with Crippen LogP contribution in [0.5, 0.6) is 0 Å². The van der Waals surface area contributed by atoms with Gasteiger partial charge in [0.25, 0.3) is 5.91 Å². The van der Waals surface area contributed by atoms with Crippen molar-refractivity contribution < 1.29 is 9.59 Å². The molecule has 0 bridgehead atoms. The number of benzene rings is 2. The van der Waals surface area contributed by atoms with Crippen LogP contribution in [-0.4, -0.2) is 29.8 Å². The molecular formula is C21H26N2O2. The minimum absolute atomic E-state index is 0.0132. The third kappa shape index (κ3) is 5.45. The van der Waals surface area contributed by atoms with Gasteiger partial charge < -0.3 is 10.2 Å². The minimum atomic E-state index is -0.0481. The summed E-state index contributed by atoms with van der Waals surface area (Å²) in [7, 11) is 0. The van der Waals surface area contributed by atoms with Crippen molar-refractivity contribution in [3.05, 3.63) is 65.2 Å². The Labute approximate surface area is 149 Å². The molecule has 0 aliphatic carbocycles. The molecule has 1 N–H and O–H groups in total. The Hall–Kier alpha value is -2.62. The molecule has 0 atom stereocenters. The summed E-state index contributed by atoms with van der Waals surface area (Å²) in [5.74, 6) is -0.0613. The first-order valence-corrected chi connectivity index (χ1v) is 8.78. The van der Waals surface area contributed by atoms with Crippen LogP contribution in [0.4, 0.5) is 5.69 Å². The number of carbonyl (C=O) groups is 2. The van der Waals surface area contributed by atoms with Gasteiger partial charge in [0.15, 0.2) is 0 Å². The van der Waals surface area contributed by atoms with Gasteiger partial charge in [-0.05, 0) is 51.0 Å². The summed E-state index contributed by atoms with van der Waals surface area (Å²) >= 11 is 0. The van der Waals surface area contributed by atoms with Gasteiger partial charge in [0.2, 0.25) is 5.91 Å². The molecule has 0 saturated carbocycles. The molecule has 25 heavy (non-hydrogen) atoms. The van der Waals surface area contributed by atoms with Gasteiger partial charge in [-0.15, -0.1) is 0 Å². The predicted molar refractivity (Wildman–Crippen MR) is 102 cm³/mol. The number of anilines is 1. The molecule has 0 radical (unpaired) electrons. The second-order valence-corrected chi connectivity index (χ2v) is 6.09. The molecule has 0 saturated heterocycles. The van der Waals surface area contributed by atoms with E-state index in [2.05, 4.69) is 17.4 Å². The Morgan fingerprint density at radius 1 is 1.00 bits per heavy atom. The molecule has 0 aliphatic heterocycles. The quantitative estimate of drug-likeness (QED) is 0.828. The Morgan fingerprint density at radius 2 is 1.68 bits per heavy atom. The molecule has 4 nitrogen and oxygen atoms in total. The van der Waals surface area contributed by atoms with E-state index in [0.717, 1.165) is 5.56 Å². The summed E-state index contributed by atoms with van der Waals surface area (Å²) in [4.78, 5) is 26.3. The highest BCUT2D eigenvalue weighted by Crippen LogP contribution is 2.14. The number of hydrogen-bond acceptors (Lipinski definition) is 2. The van der Waals surface area contributed by atoms with E-state index in [0.29, 0.717) is 37.2 Å². The average molecular weight is 338 g/mol. The van der Waals surface area contributed by atoms with E-state index in [1.165, 1.54) is 5.56 Å². The lowest BCUT2D eigenvalue weighted by Gasteiger charge is -2.19. The first-order valence-electron chi connectivity index (χ1n) is 8.78. The first kappa shape index (κ1) is 18.7. The fourth-order valence-electron chi connectivity index (χ4n) is 2.66. The number of amides is 2. The van der Waals surface area contributed by atoms with E-state index in [1.54, 1.807) is 23.1 Å². The predicted octanol–water partition coefficient (Wildman–Crippen LogP) is 4.05. The van der Waals surface area contributed by atoms with E-state index >= 15 is 0 Å². The molecule has 0 aliphatic rings. The lowest BCUT2D eigenvalue weighted by Crippen LogP contribution is -2.30. The standard InChI is InChI=1S/C21H26N2O2/c1-4-23(5-2)21(25)18-7-6-8-19(15-18)22-20(24)14-13-17-11-9-16(3)10-12-17/h6-12,15H,4-5,13-14H2,1-3H3,(H,22,24). The van der Waals surface area contributed by atoms with E-state index < -0.39 is 0 Å². The van der Waals surface area contributed by atoms with Crippen molar-refractivity contribution in [1.82, 2.24) is 4.90 Å². The summed E-state index contributed by atoms with van der Waals surface area (Å²) in [6, 6.07) is 15.3. The van der Waals surface area contributed by atoms with E-state index in [9.17, 15) is 9.59 Å². The Morgan fingerprint density at radius 3 is 2.32 bits per heavy atom. The maximum Gasteiger partial charge on any atom is 0.253 e. The number of nitrogens with one attached hydrogen (secondary N) is 1. The van der Waals surface area contributed by atoms with Crippen molar-refractivity contribution in [2.75, 3.05) is 18.4 Å². The Kier molecular flexibility index (Phi) is 6.75. The van der Waals surface area contributed by atoms with Crippen molar-refractivity contribution in [1.29, 1.82) is 0 Å². The number of hydrogen-bond donors (Lipinski definition) is 1. The minimum Gasteiger partial charge on any atom is -0.339 e. The fraction of sp³-hybridized carbons (Fsp3) is 0.333. The number of aryl methyl sites for hydroxylation is 2. The van der Waals surface area contributed by atoms with Crippen molar-refractivity contribution in [3.8, 4) is 0 Å². The first-order chi connectivity index (χ1) is 12.0. The van der Waals surface area contributed by atoms with Gasteiger partial charge in [0, 0.05) is 30.8 Å². The van der Waals surface area contributed by atoms with Gasteiger partial charge in [-0.3, -0.25) is 9.59 Å². The Balaban J connectivity index is 1.95. The van der Waals surface area contributed by atoms with Crippen LogP contribution in [-0.2, 0) is 11.2 Å². The van der Waals surface area contributed by atoms with Gasteiger partial charge in [0.1, 0.15) is 0 Å². The fourth-order valence-corrected chi connectivity index (χ4v) is 2.66. The summed E-state index contributed by atoms with van der Waals surface area (Å²) in [5.41, 5.74) is 3.61. The second-order valence-electron chi connectivity index (χ2n) is 6.09. The third-order valence-corrected chi connectivity index (χ3v) is 4.21. The van der Waals surface area contributed by atoms with Crippen LogP contribution in [0.15, 0.2) is 48.5 Å². The zero-order chi connectivity index (χ0) is 18.2. The Bertz CT molecular complexity index is 719. The van der Waals surface area contributed by atoms with Crippen LogP contribution in [0.1, 0.15) is 41.8 Å². The number of rotatable bonds is 7. The largest absolute Gasteiger partial charge is 0.339 e. The third-order valence-electron chi connectivity index (χ3n) is 4.21. The topological polar surface area (TPSA) is 49.4 Å². The normalized spacial score (nSPS) is 10.4. The van der Waals surface area contributed by atoms with Crippen LogP contribution >= 0.6 is 0 Å².